The van der Waals surface area contributed by atoms with Gasteiger partial charge in [0.1, 0.15) is 5.75 Å². The van der Waals surface area contributed by atoms with Gasteiger partial charge in [-0.2, -0.15) is 0 Å². The van der Waals surface area contributed by atoms with E-state index in [4.69, 9.17) is 4.74 Å². The number of carbonyl (C=O) groups excluding carboxylic acids is 1. The first-order valence-electron chi connectivity index (χ1n) is 7.80. The van der Waals surface area contributed by atoms with Gasteiger partial charge in [-0.1, -0.05) is 0 Å². The van der Waals surface area contributed by atoms with Crippen LogP contribution >= 0.6 is 15.9 Å². The summed E-state index contributed by atoms with van der Waals surface area (Å²) in [6.45, 7) is 0. The van der Waals surface area contributed by atoms with E-state index in [9.17, 15) is 13.2 Å². The molecule has 0 atom stereocenters. The Bertz CT molecular complexity index is 1090. The van der Waals surface area contributed by atoms with Gasteiger partial charge in [0.2, 0.25) is 5.78 Å². The normalized spacial score (nSPS) is 11.2. The highest BCUT2D eigenvalue weighted by Gasteiger charge is 2.17. The number of hydrogen-bond acceptors (Lipinski definition) is 5. The number of rotatable bonds is 6. The number of ether oxygens (including phenoxy) is 1. The van der Waals surface area contributed by atoms with E-state index in [1.54, 1.807) is 42.2 Å². The Morgan fingerprint density at radius 1 is 1.19 bits per heavy atom. The van der Waals surface area contributed by atoms with E-state index in [-0.39, 0.29) is 10.7 Å². The lowest BCUT2D eigenvalue weighted by atomic mass is 10.1. The van der Waals surface area contributed by atoms with Crippen molar-refractivity contribution < 1.29 is 17.9 Å². The number of nitrogens with one attached hydrogen (secondary N) is 1. The van der Waals surface area contributed by atoms with Crippen LogP contribution in [0.1, 0.15) is 16.2 Å². The third-order valence-corrected chi connectivity index (χ3v) is 5.86. The average molecular weight is 450 g/mol. The van der Waals surface area contributed by atoms with Crippen LogP contribution in [-0.4, -0.2) is 30.9 Å². The number of aryl methyl sites for hydroxylation is 1. The van der Waals surface area contributed by atoms with Crippen LogP contribution in [-0.2, 0) is 17.1 Å². The molecule has 3 rings (SSSR count). The fourth-order valence-electron chi connectivity index (χ4n) is 2.43. The first kappa shape index (κ1) is 19.1. The highest BCUT2D eigenvalue weighted by Crippen LogP contribution is 2.28. The molecule has 0 unspecified atom stereocenters. The molecule has 0 aliphatic heterocycles. The number of benzene rings is 2. The zero-order valence-corrected chi connectivity index (χ0v) is 16.9. The van der Waals surface area contributed by atoms with Crippen LogP contribution in [0.3, 0.4) is 0 Å². The Hall–Kier alpha value is -2.65. The fourth-order valence-corrected chi connectivity index (χ4v) is 4.21. The second kappa shape index (κ2) is 7.53. The molecule has 9 heteroatoms. The topological polar surface area (TPSA) is 90.3 Å². The summed E-state index contributed by atoms with van der Waals surface area (Å²) in [7, 11) is -0.549. The van der Waals surface area contributed by atoms with E-state index < -0.39 is 10.0 Å². The maximum Gasteiger partial charge on any atom is 0.261 e. The number of aromatic nitrogens is 2. The van der Waals surface area contributed by atoms with E-state index in [2.05, 4.69) is 25.6 Å². The maximum absolute atomic E-state index is 12.6. The second-order valence-corrected chi connectivity index (χ2v) is 8.21. The zero-order valence-electron chi connectivity index (χ0n) is 14.5. The van der Waals surface area contributed by atoms with Gasteiger partial charge in [0.15, 0.2) is 5.82 Å². The van der Waals surface area contributed by atoms with Gasteiger partial charge >= 0.3 is 0 Å². The van der Waals surface area contributed by atoms with Gasteiger partial charge in [-0.3, -0.25) is 9.52 Å². The van der Waals surface area contributed by atoms with Gasteiger partial charge < -0.3 is 9.30 Å². The number of halogens is 1. The largest absolute Gasteiger partial charge is 0.496 e. The summed E-state index contributed by atoms with van der Waals surface area (Å²) in [5, 5.41) is 0. The average Bonchev–Trinajstić information content (AvgIpc) is 3.07. The van der Waals surface area contributed by atoms with Crippen molar-refractivity contribution in [2.75, 3.05) is 11.8 Å². The van der Waals surface area contributed by atoms with E-state index in [1.807, 2.05) is 0 Å². The van der Waals surface area contributed by atoms with Crippen LogP contribution in [0.15, 0.2) is 64.2 Å². The number of ketones is 1. The maximum atomic E-state index is 12.6. The summed E-state index contributed by atoms with van der Waals surface area (Å²) in [4.78, 5) is 16.5. The molecule has 1 N–H and O–H groups in total. The SMILES string of the molecule is COc1ccc(S(=O)(=O)Nc2ccc(C(=O)c3nccn3C)cc2)cc1Br. The molecule has 0 fully saturated rings. The van der Waals surface area contributed by atoms with Crippen LogP contribution in [0.4, 0.5) is 5.69 Å². The van der Waals surface area contributed by atoms with Crippen molar-refractivity contribution in [1.82, 2.24) is 9.55 Å². The Labute approximate surface area is 165 Å². The summed E-state index contributed by atoms with van der Waals surface area (Å²) in [6.07, 6.45) is 3.23. The standard InChI is InChI=1S/C18H16BrN3O4S/c1-22-10-9-20-18(22)17(23)12-3-5-13(6-4-12)21-27(24,25)14-7-8-16(26-2)15(19)11-14/h3-11,21H,1-2H3. The molecule has 0 spiro atoms. The minimum absolute atomic E-state index is 0.0864. The van der Waals surface area contributed by atoms with Crippen molar-refractivity contribution in [2.45, 2.75) is 4.90 Å². The Balaban J connectivity index is 1.80. The predicted molar refractivity (Wildman–Crippen MR) is 105 cm³/mol. The molecule has 0 saturated heterocycles. The van der Waals surface area contributed by atoms with Crippen molar-refractivity contribution in [3.05, 3.63) is 70.7 Å². The molecule has 0 aliphatic carbocycles. The summed E-state index contributed by atoms with van der Waals surface area (Å²) in [5.74, 6) is 0.605. The van der Waals surface area contributed by atoms with E-state index in [0.29, 0.717) is 27.3 Å². The third kappa shape index (κ3) is 4.04. The lowest BCUT2D eigenvalue weighted by molar-refractivity contribution is 0.102. The van der Waals surface area contributed by atoms with Crippen LogP contribution in [0.25, 0.3) is 0 Å². The van der Waals surface area contributed by atoms with Crippen LogP contribution < -0.4 is 9.46 Å². The lowest BCUT2D eigenvalue weighted by Crippen LogP contribution is -2.13. The molecular weight excluding hydrogens is 434 g/mol. The molecule has 1 heterocycles. The number of nitrogens with zero attached hydrogens (tertiary/aromatic N) is 2. The van der Waals surface area contributed by atoms with E-state index in [0.717, 1.165) is 0 Å². The fraction of sp³-hybridized carbons (Fsp3) is 0.111. The van der Waals surface area contributed by atoms with Gasteiger partial charge in [-0.15, -0.1) is 0 Å². The molecule has 0 saturated carbocycles. The molecule has 7 nitrogen and oxygen atoms in total. The molecule has 2 aromatic carbocycles. The number of imidazole rings is 1. The zero-order chi connectivity index (χ0) is 19.6. The van der Waals surface area contributed by atoms with Crippen molar-refractivity contribution in [2.24, 2.45) is 7.05 Å². The van der Waals surface area contributed by atoms with Gasteiger partial charge in [0, 0.05) is 30.7 Å². The summed E-state index contributed by atoms with van der Waals surface area (Å²) in [6, 6.07) is 10.6. The smallest absolute Gasteiger partial charge is 0.261 e. The van der Waals surface area contributed by atoms with E-state index in [1.165, 1.54) is 31.4 Å². The molecule has 1 aromatic heterocycles. The highest BCUT2D eigenvalue weighted by molar-refractivity contribution is 9.10. The Kier molecular flexibility index (Phi) is 5.33. The van der Waals surface area contributed by atoms with Crippen LogP contribution in [0, 0.1) is 0 Å². The van der Waals surface area contributed by atoms with Gasteiger partial charge in [0.05, 0.1) is 16.5 Å². The minimum atomic E-state index is -3.78. The second-order valence-electron chi connectivity index (χ2n) is 5.67. The number of hydrogen-bond donors (Lipinski definition) is 1. The molecule has 0 radical (unpaired) electrons. The summed E-state index contributed by atoms with van der Waals surface area (Å²) >= 11 is 3.27. The molecular formula is C18H16BrN3O4S. The predicted octanol–water partition coefficient (Wildman–Crippen LogP) is 3.22. The molecule has 3 aromatic rings. The van der Waals surface area contributed by atoms with Crippen molar-refractivity contribution >= 4 is 37.4 Å². The van der Waals surface area contributed by atoms with E-state index >= 15 is 0 Å². The number of methoxy groups -OCH3 is 1. The van der Waals surface area contributed by atoms with Crippen molar-refractivity contribution in [3.8, 4) is 5.75 Å². The monoisotopic (exact) mass is 449 g/mol. The summed E-state index contributed by atoms with van der Waals surface area (Å²) < 4.78 is 34.9. The first-order chi connectivity index (χ1) is 12.8. The number of sulfonamides is 1. The van der Waals surface area contributed by atoms with Crippen molar-refractivity contribution in [1.29, 1.82) is 0 Å². The van der Waals surface area contributed by atoms with Gasteiger partial charge in [-0.05, 0) is 58.4 Å². The molecule has 27 heavy (non-hydrogen) atoms. The molecule has 140 valence electrons. The highest BCUT2D eigenvalue weighted by atomic mass is 79.9. The van der Waals surface area contributed by atoms with Crippen LogP contribution in [0.5, 0.6) is 5.75 Å². The molecule has 0 bridgehead atoms. The Morgan fingerprint density at radius 2 is 1.89 bits per heavy atom. The third-order valence-electron chi connectivity index (χ3n) is 3.86. The Morgan fingerprint density at radius 3 is 2.44 bits per heavy atom. The quantitative estimate of drug-likeness (QED) is 0.583. The van der Waals surface area contributed by atoms with Gasteiger partial charge in [0.25, 0.3) is 10.0 Å². The minimum Gasteiger partial charge on any atom is -0.496 e. The first-order valence-corrected chi connectivity index (χ1v) is 10.1. The lowest BCUT2D eigenvalue weighted by Gasteiger charge is -2.10. The number of carbonyl (C=O) groups is 1. The van der Waals surface area contributed by atoms with Gasteiger partial charge in [-0.25, -0.2) is 13.4 Å². The number of anilines is 1. The molecule has 0 amide bonds. The molecule has 0 aliphatic rings. The van der Waals surface area contributed by atoms with Crippen molar-refractivity contribution in [3.63, 3.8) is 0 Å². The summed E-state index contributed by atoms with van der Waals surface area (Å²) in [5.41, 5.74) is 0.762. The van der Waals surface area contributed by atoms with Crippen LogP contribution in [0.2, 0.25) is 0 Å².